The van der Waals surface area contributed by atoms with Crippen molar-refractivity contribution in [3.05, 3.63) is 68.1 Å². The van der Waals surface area contributed by atoms with Gasteiger partial charge in [0, 0.05) is 20.6 Å². The fraction of sp³-hybridized carbons (Fsp3) is 0.200. The maximum absolute atomic E-state index is 6.24. The minimum atomic E-state index is 0.120. The Morgan fingerprint density at radius 2 is 1.75 bits per heavy atom. The van der Waals surface area contributed by atoms with Crippen molar-refractivity contribution in [3.63, 3.8) is 0 Å². The quantitative estimate of drug-likeness (QED) is 0.603. The lowest BCUT2D eigenvalue weighted by Gasteiger charge is -2.17. The van der Waals surface area contributed by atoms with Crippen molar-refractivity contribution in [3.8, 4) is 0 Å². The second-order valence-corrected chi connectivity index (χ2v) is 6.39. The molecule has 2 aromatic carbocycles. The number of nitrogens with one attached hydrogen (secondary N) is 1. The lowest BCUT2D eigenvalue weighted by atomic mass is 9.99. The number of hydrogen-bond acceptors (Lipinski definition) is 2. The van der Waals surface area contributed by atoms with Crippen LogP contribution in [0, 0.1) is 0 Å². The van der Waals surface area contributed by atoms with Crippen molar-refractivity contribution in [2.75, 3.05) is 0 Å². The van der Waals surface area contributed by atoms with Crippen LogP contribution >= 0.6 is 39.1 Å². The van der Waals surface area contributed by atoms with E-state index in [0.717, 1.165) is 32.9 Å². The summed E-state index contributed by atoms with van der Waals surface area (Å²) in [6.45, 7) is 0. The summed E-state index contributed by atoms with van der Waals surface area (Å²) in [4.78, 5) is 0. The molecule has 2 rings (SSSR count). The highest BCUT2D eigenvalue weighted by molar-refractivity contribution is 9.10. The number of halogens is 3. The fourth-order valence-electron chi connectivity index (χ4n) is 2.05. The van der Waals surface area contributed by atoms with E-state index >= 15 is 0 Å². The first kappa shape index (κ1) is 15.8. The standard InChI is InChI=1S/C15H15BrCl2N2/c16-12-4-3-11(15(18)9-12)8-14(20-19)7-10-1-5-13(17)6-2-10/h1-6,9,14,20H,7-8,19H2. The van der Waals surface area contributed by atoms with Gasteiger partial charge in [-0.15, -0.1) is 0 Å². The predicted octanol–water partition coefficient (Wildman–Crippen LogP) is 4.37. The Kier molecular flexibility index (Phi) is 5.87. The van der Waals surface area contributed by atoms with Gasteiger partial charge < -0.3 is 0 Å². The Morgan fingerprint density at radius 1 is 1.05 bits per heavy atom. The normalized spacial score (nSPS) is 12.4. The van der Waals surface area contributed by atoms with Crippen LogP contribution in [0.5, 0.6) is 0 Å². The molecule has 0 spiro atoms. The minimum absolute atomic E-state index is 0.120. The summed E-state index contributed by atoms with van der Waals surface area (Å²) in [5, 5.41) is 1.48. The van der Waals surface area contributed by atoms with Gasteiger partial charge in [-0.1, -0.05) is 57.3 Å². The molecule has 2 aromatic rings. The second-order valence-electron chi connectivity index (χ2n) is 4.63. The zero-order valence-electron chi connectivity index (χ0n) is 10.7. The Balaban J connectivity index is 2.07. The third-order valence-corrected chi connectivity index (χ3v) is 4.21. The Morgan fingerprint density at radius 3 is 2.35 bits per heavy atom. The third kappa shape index (κ3) is 4.47. The zero-order chi connectivity index (χ0) is 14.5. The van der Waals surface area contributed by atoms with Gasteiger partial charge in [-0.05, 0) is 48.2 Å². The van der Waals surface area contributed by atoms with Crippen molar-refractivity contribution in [1.82, 2.24) is 5.43 Å². The molecule has 0 aliphatic rings. The van der Waals surface area contributed by atoms with Crippen LogP contribution in [-0.4, -0.2) is 6.04 Å². The summed E-state index contributed by atoms with van der Waals surface area (Å²) in [7, 11) is 0. The van der Waals surface area contributed by atoms with Crippen LogP contribution in [0.3, 0.4) is 0 Å². The van der Waals surface area contributed by atoms with E-state index in [9.17, 15) is 0 Å². The first-order valence-electron chi connectivity index (χ1n) is 6.23. The summed E-state index contributed by atoms with van der Waals surface area (Å²) < 4.78 is 0.973. The lowest BCUT2D eigenvalue weighted by Crippen LogP contribution is -2.38. The molecule has 0 bridgehead atoms. The Hall–Kier alpha value is -0.580. The summed E-state index contributed by atoms with van der Waals surface area (Å²) in [5.41, 5.74) is 5.11. The van der Waals surface area contributed by atoms with E-state index in [1.54, 1.807) is 0 Å². The number of rotatable bonds is 5. The molecule has 0 aliphatic carbocycles. The average molecular weight is 374 g/mol. The van der Waals surface area contributed by atoms with Gasteiger partial charge in [0.2, 0.25) is 0 Å². The molecular weight excluding hydrogens is 359 g/mol. The molecule has 106 valence electrons. The Bertz CT molecular complexity index is 573. The molecule has 0 amide bonds. The van der Waals surface area contributed by atoms with E-state index in [-0.39, 0.29) is 6.04 Å². The molecule has 5 heteroatoms. The number of hydrazine groups is 1. The molecule has 0 saturated carbocycles. The van der Waals surface area contributed by atoms with Crippen molar-refractivity contribution >= 4 is 39.1 Å². The molecule has 0 aromatic heterocycles. The maximum Gasteiger partial charge on any atom is 0.0449 e. The molecule has 20 heavy (non-hydrogen) atoms. The highest BCUT2D eigenvalue weighted by Crippen LogP contribution is 2.23. The number of hydrogen-bond donors (Lipinski definition) is 2. The smallest absolute Gasteiger partial charge is 0.0449 e. The van der Waals surface area contributed by atoms with Crippen LogP contribution in [0.25, 0.3) is 0 Å². The molecule has 0 radical (unpaired) electrons. The van der Waals surface area contributed by atoms with Crippen molar-refractivity contribution in [2.24, 2.45) is 5.84 Å². The average Bonchev–Trinajstić information content (AvgIpc) is 2.43. The summed E-state index contributed by atoms with van der Waals surface area (Å²) in [6.07, 6.45) is 1.59. The third-order valence-electron chi connectivity index (χ3n) is 3.11. The lowest BCUT2D eigenvalue weighted by molar-refractivity contribution is 0.522. The first-order valence-corrected chi connectivity index (χ1v) is 7.78. The van der Waals surface area contributed by atoms with Crippen molar-refractivity contribution < 1.29 is 0 Å². The first-order chi connectivity index (χ1) is 9.58. The maximum atomic E-state index is 6.24. The van der Waals surface area contributed by atoms with Gasteiger partial charge in [0.1, 0.15) is 0 Å². The van der Waals surface area contributed by atoms with Crippen molar-refractivity contribution in [2.45, 2.75) is 18.9 Å². The van der Waals surface area contributed by atoms with E-state index in [1.807, 2.05) is 42.5 Å². The molecule has 0 heterocycles. The van der Waals surface area contributed by atoms with Gasteiger partial charge in [-0.2, -0.15) is 0 Å². The fourth-order valence-corrected chi connectivity index (χ4v) is 2.92. The molecule has 1 unspecified atom stereocenters. The van der Waals surface area contributed by atoms with Gasteiger partial charge in [0.15, 0.2) is 0 Å². The second kappa shape index (κ2) is 7.43. The van der Waals surface area contributed by atoms with Crippen LogP contribution in [-0.2, 0) is 12.8 Å². The monoisotopic (exact) mass is 372 g/mol. The van der Waals surface area contributed by atoms with Gasteiger partial charge in [-0.3, -0.25) is 11.3 Å². The van der Waals surface area contributed by atoms with E-state index in [4.69, 9.17) is 29.0 Å². The molecule has 1 atom stereocenters. The molecule has 0 saturated heterocycles. The molecule has 2 nitrogen and oxygen atoms in total. The predicted molar refractivity (Wildman–Crippen MR) is 89.1 cm³/mol. The van der Waals surface area contributed by atoms with E-state index in [1.165, 1.54) is 5.56 Å². The highest BCUT2D eigenvalue weighted by atomic mass is 79.9. The summed E-state index contributed by atoms with van der Waals surface area (Å²) in [6, 6.07) is 13.8. The number of benzene rings is 2. The van der Waals surface area contributed by atoms with Crippen LogP contribution in [0.1, 0.15) is 11.1 Å². The van der Waals surface area contributed by atoms with Gasteiger partial charge in [0.05, 0.1) is 0 Å². The zero-order valence-corrected chi connectivity index (χ0v) is 13.8. The molecule has 0 aliphatic heterocycles. The topological polar surface area (TPSA) is 38.0 Å². The van der Waals surface area contributed by atoms with Crippen molar-refractivity contribution in [1.29, 1.82) is 0 Å². The highest BCUT2D eigenvalue weighted by Gasteiger charge is 2.11. The van der Waals surface area contributed by atoms with Gasteiger partial charge in [0.25, 0.3) is 0 Å². The molecule has 0 fully saturated rings. The van der Waals surface area contributed by atoms with Gasteiger partial charge >= 0.3 is 0 Å². The van der Waals surface area contributed by atoms with E-state index in [0.29, 0.717) is 0 Å². The largest absolute Gasteiger partial charge is 0.271 e. The van der Waals surface area contributed by atoms with E-state index in [2.05, 4.69) is 21.4 Å². The Labute approximate surface area is 137 Å². The SMILES string of the molecule is NNC(Cc1ccc(Cl)cc1)Cc1ccc(Br)cc1Cl. The van der Waals surface area contributed by atoms with E-state index < -0.39 is 0 Å². The molecular formula is C15H15BrCl2N2. The van der Waals surface area contributed by atoms with Crippen LogP contribution < -0.4 is 11.3 Å². The number of nitrogens with two attached hydrogens (primary N) is 1. The van der Waals surface area contributed by atoms with Gasteiger partial charge in [-0.25, -0.2) is 0 Å². The van der Waals surface area contributed by atoms with Crippen LogP contribution in [0.2, 0.25) is 10.0 Å². The summed E-state index contributed by atoms with van der Waals surface area (Å²) >= 11 is 15.5. The minimum Gasteiger partial charge on any atom is -0.271 e. The summed E-state index contributed by atoms with van der Waals surface area (Å²) in [5.74, 6) is 5.65. The molecule has 3 N–H and O–H groups in total. The van der Waals surface area contributed by atoms with Crippen LogP contribution in [0.15, 0.2) is 46.9 Å². The van der Waals surface area contributed by atoms with Crippen LogP contribution in [0.4, 0.5) is 0 Å².